The Kier molecular flexibility index (Phi) is 5.46. The molecular formula is C20H24N3O2+. The van der Waals surface area contributed by atoms with Crippen molar-refractivity contribution in [2.24, 2.45) is 0 Å². The van der Waals surface area contributed by atoms with E-state index in [1.54, 1.807) is 0 Å². The van der Waals surface area contributed by atoms with Crippen LogP contribution < -0.4 is 15.5 Å². The van der Waals surface area contributed by atoms with Gasteiger partial charge in [-0.15, -0.1) is 0 Å². The SMILES string of the molecule is C[C@@H](C(=O)NC(c1ccccc1)c1ccccc1)[NH+]1CCNC(=O)C1. The van der Waals surface area contributed by atoms with Gasteiger partial charge in [-0.05, 0) is 18.1 Å². The molecule has 2 atom stereocenters. The number of benzene rings is 2. The highest BCUT2D eigenvalue weighted by Gasteiger charge is 2.31. The summed E-state index contributed by atoms with van der Waals surface area (Å²) in [7, 11) is 0. The predicted molar refractivity (Wildman–Crippen MR) is 96.0 cm³/mol. The molecule has 1 unspecified atom stereocenters. The Morgan fingerprint density at radius 3 is 2.12 bits per heavy atom. The van der Waals surface area contributed by atoms with Gasteiger partial charge >= 0.3 is 0 Å². The summed E-state index contributed by atoms with van der Waals surface area (Å²) < 4.78 is 0. The number of carbonyl (C=O) groups is 2. The van der Waals surface area contributed by atoms with Crippen LogP contribution in [0.5, 0.6) is 0 Å². The minimum absolute atomic E-state index is 0.00330. The summed E-state index contributed by atoms with van der Waals surface area (Å²) in [6.45, 7) is 3.61. The molecule has 3 N–H and O–H groups in total. The molecule has 2 amide bonds. The summed E-state index contributed by atoms with van der Waals surface area (Å²) in [4.78, 5) is 25.4. The van der Waals surface area contributed by atoms with Crippen LogP contribution in [0.1, 0.15) is 24.1 Å². The van der Waals surface area contributed by atoms with Gasteiger partial charge in [0, 0.05) is 0 Å². The van der Waals surface area contributed by atoms with Crippen LogP contribution in [0.15, 0.2) is 60.7 Å². The fraction of sp³-hybridized carbons (Fsp3) is 0.300. The number of piperazine rings is 1. The molecule has 130 valence electrons. The van der Waals surface area contributed by atoms with Gasteiger partial charge in [0.1, 0.15) is 0 Å². The van der Waals surface area contributed by atoms with Gasteiger partial charge in [0.2, 0.25) is 0 Å². The summed E-state index contributed by atoms with van der Waals surface area (Å²) in [5.41, 5.74) is 2.08. The second kappa shape index (κ2) is 7.94. The molecule has 0 aromatic heterocycles. The van der Waals surface area contributed by atoms with Crippen LogP contribution in [0, 0.1) is 0 Å². The second-order valence-electron chi connectivity index (χ2n) is 6.42. The first-order chi connectivity index (χ1) is 12.1. The van der Waals surface area contributed by atoms with Crippen molar-refractivity contribution in [1.82, 2.24) is 10.6 Å². The molecule has 0 spiro atoms. The zero-order valence-corrected chi connectivity index (χ0v) is 14.4. The first-order valence-electron chi connectivity index (χ1n) is 8.66. The summed E-state index contributed by atoms with van der Waals surface area (Å²) in [5.74, 6) is -0.0361. The van der Waals surface area contributed by atoms with Crippen molar-refractivity contribution < 1.29 is 14.5 Å². The second-order valence-corrected chi connectivity index (χ2v) is 6.42. The fourth-order valence-corrected chi connectivity index (χ4v) is 3.19. The molecule has 1 aliphatic rings. The largest absolute Gasteiger partial charge is 0.346 e. The van der Waals surface area contributed by atoms with Crippen molar-refractivity contribution in [2.75, 3.05) is 19.6 Å². The van der Waals surface area contributed by atoms with E-state index in [4.69, 9.17) is 0 Å². The number of rotatable bonds is 5. The molecule has 5 nitrogen and oxygen atoms in total. The molecule has 2 aromatic carbocycles. The lowest BCUT2D eigenvalue weighted by molar-refractivity contribution is -0.907. The zero-order chi connectivity index (χ0) is 17.6. The number of nitrogens with one attached hydrogen (secondary N) is 3. The molecule has 0 aliphatic carbocycles. The smallest absolute Gasteiger partial charge is 0.278 e. The molecular weight excluding hydrogens is 314 g/mol. The molecule has 0 radical (unpaired) electrons. The quantitative estimate of drug-likeness (QED) is 0.734. The van der Waals surface area contributed by atoms with E-state index in [0.29, 0.717) is 13.1 Å². The number of quaternary nitrogens is 1. The summed E-state index contributed by atoms with van der Waals surface area (Å²) in [5, 5.41) is 5.98. The summed E-state index contributed by atoms with van der Waals surface area (Å²) >= 11 is 0. The Bertz CT molecular complexity index is 679. The first-order valence-corrected chi connectivity index (χ1v) is 8.66. The Balaban J connectivity index is 1.78. The van der Waals surface area contributed by atoms with Gasteiger partial charge in [-0.2, -0.15) is 0 Å². The van der Waals surface area contributed by atoms with E-state index in [9.17, 15) is 9.59 Å². The normalized spacial score (nSPS) is 18.5. The highest BCUT2D eigenvalue weighted by molar-refractivity contribution is 5.82. The molecule has 1 saturated heterocycles. The summed E-state index contributed by atoms with van der Waals surface area (Å²) in [6, 6.07) is 19.4. The third kappa shape index (κ3) is 4.25. The van der Waals surface area contributed by atoms with E-state index in [2.05, 4.69) is 10.6 Å². The molecule has 2 aromatic rings. The van der Waals surface area contributed by atoms with Crippen LogP contribution in [0.25, 0.3) is 0 Å². The van der Waals surface area contributed by atoms with E-state index < -0.39 is 0 Å². The van der Waals surface area contributed by atoms with E-state index in [-0.39, 0.29) is 23.9 Å². The van der Waals surface area contributed by atoms with Gasteiger partial charge in [0.15, 0.2) is 12.6 Å². The van der Waals surface area contributed by atoms with Gasteiger partial charge in [-0.3, -0.25) is 9.59 Å². The number of amides is 2. The predicted octanol–water partition coefficient (Wildman–Crippen LogP) is 0.295. The highest BCUT2D eigenvalue weighted by atomic mass is 16.2. The maximum atomic E-state index is 12.8. The van der Waals surface area contributed by atoms with Gasteiger partial charge in [0.25, 0.3) is 11.8 Å². The van der Waals surface area contributed by atoms with E-state index in [0.717, 1.165) is 22.6 Å². The van der Waals surface area contributed by atoms with Crippen molar-refractivity contribution >= 4 is 11.8 Å². The lowest BCUT2D eigenvalue weighted by Crippen LogP contribution is -3.19. The van der Waals surface area contributed by atoms with Crippen molar-refractivity contribution in [3.63, 3.8) is 0 Å². The number of carbonyl (C=O) groups excluding carboxylic acids is 2. The van der Waals surface area contributed by atoms with Gasteiger partial charge in [0.05, 0.1) is 19.1 Å². The van der Waals surface area contributed by atoms with Crippen molar-refractivity contribution in [3.8, 4) is 0 Å². The molecule has 0 bridgehead atoms. The molecule has 1 fully saturated rings. The average Bonchev–Trinajstić information content (AvgIpc) is 2.66. The highest BCUT2D eigenvalue weighted by Crippen LogP contribution is 2.21. The Labute approximate surface area is 148 Å². The molecule has 1 heterocycles. The lowest BCUT2D eigenvalue weighted by atomic mass is 9.98. The Morgan fingerprint density at radius 1 is 1.04 bits per heavy atom. The zero-order valence-electron chi connectivity index (χ0n) is 14.4. The fourth-order valence-electron chi connectivity index (χ4n) is 3.19. The molecule has 3 rings (SSSR count). The molecule has 1 aliphatic heterocycles. The average molecular weight is 338 g/mol. The topological polar surface area (TPSA) is 62.6 Å². The number of hydrogen-bond acceptors (Lipinski definition) is 2. The van der Waals surface area contributed by atoms with E-state index >= 15 is 0 Å². The van der Waals surface area contributed by atoms with Gasteiger partial charge < -0.3 is 15.5 Å². The minimum Gasteiger partial charge on any atom is -0.346 e. The maximum absolute atomic E-state index is 12.8. The Hall–Kier alpha value is -2.66. The molecule has 0 saturated carbocycles. The van der Waals surface area contributed by atoms with Crippen molar-refractivity contribution in [1.29, 1.82) is 0 Å². The summed E-state index contributed by atoms with van der Waals surface area (Å²) in [6.07, 6.45) is 0. The van der Waals surface area contributed by atoms with Crippen LogP contribution in [-0.2, 0) is 9.59 Å². The maximum Gasteiger partial charge on any atom is 0.278 e. The van der Waals surface area contributed by atoms with E-state index in [1.807, 2.05) is 67.6 Å². The third-order valence-corrected chi connectivity index (χ3v) is 4.71. The van der Waals surface area contributed by atoms with Crippen LogP contribution >= 0.6 is 0 Å². The van der Waals surface area contributed by atoms with Crippen LogP contribution in [-0.4, -0.2) is 37.5 Å². The monoisotopic (exact) mass is 338 g/mol. The molecule has 25 heavy (non-hydrogen) atoms. The number of hydrogen-bond donors (Lipinski definition) is 3. The van der Waals surface area contributed by atoms with Crippen LogP contribution in [0.3, 0.4) is 0 Å². The first kappa shape index (κ1) is 17.2. The van der Waals surface area contributed by atoms with Crippen molar-refractivity contribution in [2.45, 2.75) is 19.0 Å². The molecule has 5 heteroatoms. The van der Waals surface area contributed by atoms with Crippen LogP contribution in [0.2, 0.25) is 0 Å². The third-order valence-electron chi connectivity index (χ3n) is 4.71. The Morgan fingerprint density at radius 2 is 1.60 bits per heavy atom. The van der Waals surface area contributed by atoms with Crippen molar-refractivity contribution in [3.05, 3.63) is 71.8 Å². The van der Waals surface area contributed by atoms with Crippen LogP contribution in [0.4, 0.5) is 0 Å². The van der Waals surface area contributed by atoms with Gasteiger partial charge in [-0.1, -0.05) is 60.7 Å². The van der Waals surface area contributed by atoms with Gasteiger partial charge in [-0.25, -0.2) is 0 Å². The standard InChI is InChI=1S/C20H23N3O2/c1-15(23-13-12-21-18(24)14-23)20(25)22-19(16-8-4-2-5-9-16)17-10-6-3-7-11-17/h2-11,15,19H,12-14H2,1H3,(H,21,24)(H,22,25)/p+1/t15-/m0/s1. The minimum atomic E-state index is -0.277. The van der Waals surface area contributed by atoms with E-state index in [1.165, 1.54) is 0 Å². The lowest BCUT2D eigenvalue weighted by Gasteiger charge is -2.29.